The third-order valence-electron chi connectivity index (χ3n) is 3.81. The molecule has 0 bridgehead atoms. The van der Waals surface area contributed by atoms with Gasteiger partial charge in [0.15, 0.2) is 5.82 Å². The highest BCUT2D eigenvalue weighted by Gasteiger charge is 2.26. The SMILES string of the molecule is CCNc1ncc(Br)c(N2c3ccccc3CCC2C)n1. The van der Waals surface area contributed by atoms with Crippen molar-refractivity contribution in [1.29, 1.82) is 0 Å². The molecule has 0 radical (unpaired) electrons. The van der Waals surface area contributed by atoms with E-state index in [-0.39, 0.29) is 0 Å². The van der Waals surface area contributed by atoms with Crippen molar-refractivity contribution in [3.63, 3.8) is 0 Å². The van der Waals surface area contributed by atoms with Crippen LogP contribution in [-0.2, 0) is 6.42 Å². The number of aromatic nitrogens is 2. The number of rotatable bonds is 3. The monoisotopic (exact) mass is 346 g/mol. The smallest absolute Gasteiger partial charge is 0.224 e. The van der Waals surface area contributed by atoms with E-state index in [1.165, 1.54) is 11.3 Å². The van der Waals surface area contributed by atoms with Gasteiger partial charge < -0.3 is 10.2 Å². The summed E-state index contributed by atoms with van der Waals surface area (Å²) >= 11 is 3.60. The van der Waals surface area contributed by atoms with Gasteiger partial charge in [0.05, 0.1) is 4.47 Å². The predicted octanol–water partition coefficient (Wildman–Crippen LogP) is 4.14. The van der Waals surface area contributed by atoms with E-state index in [4.69, 9.17) is 4.98 Å². The van der Waals surface area contributed by atoms with E-state index in [1.54, 1.807) is 0 Å². The third kappa shape index (κ3) is 2.75. The van der Waals surface area contributed by atoms with Crippen molar-refractivity contribution in [3.8, 4) is 0 Å². The number of hydrogen-bond acceptors (Lipinski definition) is 4. The zero-order valence-electron chi connectivity index (χ0n) is 12.3. The molecule has 4 nitrogen and oxygen atoms in total. The lowest BCUT2D eigenvalue weighted by Gasteiger charge is -2.36. The molecule has 0 amide bonds. The van der Waals surface area contributed by atoms with Crippen LogP contribution < -0.4 is 10.2 Å². The van der Waals surface area contributed by atoms with Crippen molar-refractivity contribution in [1.82, 2.24) is 9.97 Å². The first-order valence-corrected chi connectivity index (χ1v) is 8.13. The Hall–Kier alpha value is -1.62. The first-order chi connectivity index (χ1) is 10.2. The lowest BCUT2D eigenvalue weighted by Crippen LogP contribution is -2.34. The fraction of sp³-hybridized carbons (Fsp3) is 0.375. The molecule has 21 heavy (non-hydrogen) atoms. The van der Waals surface area contributed by atoms with Gasteiger partial charge in [-0.05, 0) is 54.2 Å². The summed E-state index contributed by atoms with van der Waals surface area (Å²) in [5.74, 6) is 1.60. The molecule has 1 atom stereocenters. The Kier molecular flexibility index (Phi) is 4.10. The molecule has 1 aliphatic rings. The van der Waals surface area contributed by atoms with Crippen molar-refractivity contribution in [2.45, 2.75) is 32.7 Å². The van der Waals surface area contributed by atoms with Crippen LogP contribution in [-0.4, -0.2) is 22.6 Å². The highest BCUT2D eigenvalue weighted by atomic mass is 79.9. The number of nitrogens with zero attached hydrogens (tertiary/aromatic N) is 3. The number of benzene rings is 1. The van der Waals surface area contributed by atoms with Crippen LogP contribution in [0.15, 0.2) is 34.9 Å². The number of hydrogen-bond donors (Lipinski definition) is 1. The summed E-state index contributed by atoms with van der Waals surface area (Å²) < 4.78 is 0.924. The molecule has 0 saturated carbocycles. The Balaban J connectivity index is 2.08. The Bertz CT molecular complexity index is 644. The van der Waals surface area contributed by atoms with E-state index in [9.17, 15) is 0 Å². The average molecular weight is 347 g/mol. The maximum Gasteiger partial charge on any atom is 0.224 e. The van der Waals surface area contributed by atoms with E-state index >= 15 is 0 Å². The first kappa shape index (κ1) is 14.3. The summed E-state index contributed by atoms with van der Waals surface area (Å²) in [5, 5.41) is 3.18. The molecule has 110 valence electrons. The number of nitrogens with one attached hydrogen (secondary N) is 1. The molecule has 1 aromatic carbocycles. The van der Waals surface area contributed by atoms with Crippen LogP contribution in [0.5, 0.6) is 0 Å². The highest BCUT2D eigenvalue weighted by molar-refractivity contribution is 9.10. The van der Waals surface area contributed by atoms with Gasteiger partial charge in [0.25, 0.3) is 0 Å². The third-order valence-corrected chi connectivity index (χ3v) is 4.37. The molecule has 0 spiro atoms. The first-order valence-electron chi connectivity index (χ1n) is 7.34. The number of fused-ring (bicyclic) bond motifs is 1. The van der Waals surface area contributed by atoms with Crippen molar-refractivity contribution < 1.29 is 0 Å². The minimum absolute atomic E-state index is 0.417. The molecule has 3 rings (SSSR count). The van der Waals surface area contributed by atoms with Crippen LogP contribution in [0.4, 0.5) is 17.5 Å². The molecule has 0 saturated heterocycles. The van der Waals surface area contributed by atoms with E-state index < -0.39 is 0 Å². The van der Waals surface area contributed by atoms with E-state index in [0.717, 1.165) is 29.7 Å². The molecular weight excluding hydrogens is 328 g/mol. The van der Waals surface area contributed by atoms with E-state index in [0.29, 0.717) is 12.0 Å². The summed E-state index contributed by atoms with van der Waals surface area (Å²) in [6.45, 7) is 5.11. The number of halogens is 1. The summed E-state index contributed by atoms with van der Waals surface area (Å²) in [7, 11) is 0. The number of anilines is 3. The normalized spacial score (nSPS) is 17.5. The summed E-state index contributed by atoms with van der Waals surface area (Å²) in [6.07, 6.45) is 4.07. The van der Waals surface area contributed by atoms with Gasteiger partial charge in [-0.3, -0.25) is 0 Å². The Morgan fingerprint density at radius 3 is 3.00 bits per heavy atom. The fourth-order valence-corrected chi connectivity index (χ4v) is 3.16. The van der Waals surface area contributed by atoms with Crippen LogP contribution in [0.3, 0.4) is 0 Å². The predicted molar refractivity (Wildman–Crippen MR) is 90.3 cm³/mol. The zero-order valence-corrected chi connectivity index (χ0v) is 13.9. The number of para-hydroxylation sites is 1. The van der Waals surface area contributed by atoms with Gasteiger partial charge in [0.2, 0.25) is 5.95 Å². The second-order valence-corrected chi connectivity index (χ2v) is 6.14. The van der Waals surface area contributed by atoms with Crippen molar-refractivity contribution in [2.75, 3.05) is 16.8 Å². The lowest BCUT2D eigenvalue weighted by atomic mass is 9.97. The largest absolute Gasteiger partial charge is 0.354 e. The second kappa shape index (κ2) is 6.02. The highest BCUT2D eigenvalue weighted by Crippen LogP contribution is 2.38. The topological polar surface area (TPSA) is 41.1 Å². The average Bonchev–Trinajstić information content (AvgIpc) is 2.50. The Morgan fingerprint density at radius 2 is 2.19 bits per heavy atom. The van der Waals surface area contributed by atoms with Crippen LogP contribution in [0, 0.1) is 0 Å². The molecular formula is C16H19BrN4. The minimum atomic E-state index is 0.417. The molecule has 0 fully saturated rings. The standard InChI is InChI=1S/C16H19BrN4/c1-3-18-16-19-10-13(17)15(20-16)21-11(2)8-9-12-6-4-5-7-14(12)21/h4-7,10-11H,3,8-9H2,1-2H3,(H,18,19,20). The summed E-state index contributed by atoms with van der Waals surface area (Å²) in [4.78, 5) is 11.3. The molecule has 5 heteroatoms. The molecule has 0 aliphatic carbocycles. The Labute approximate surface area is 133 Å². The second-order valence-electron chi connectivity index (χ2n) is 5.28. The van der Waals surface area contributed by atoms with Gasteiger partial charge in [-0.25, -0.2) is 4.98 Å². The quantitative estimate of drug-likeness (QED) is 0.906. The Morgan fingerprint density at radius 1 is 1.38 bits per heavy atom. The van der Waals surface area contributed by atoms with Crippen molar-refractivity contribution >= 4 is 33.4 Å². The minimum Gasteiger partial charge on any atom is -0.354 e. The molecule has 1 aliphatic heterocycles. The van der Waals surface area contributed by atoms with Crippen molar-refractivity contribution in [3.05, 3.63) is 40.5 Å². The molecule has 2 heterocycles. The van der Waals surface area contributed by atoms with E-state index in [1.807, 2.05) is 13.1 Å². The van der Waals surface area contributed by atoms with Gasteiger partial charge in [-0.15, -0.1) is 0 Å². The van der Waals surface area contributed by atoms with Gasteiger partial charge in [0.1, 0.15) is 0 Å². The van der Waals surface area contributed by atoms with Gasteiger partial charge in [0, 0.05) is 24.5 Å². The van der Waals surface area contributed by atoms with Gasteiger partial charge >= 0.3 is 0 Å². The number of aryl methyl sites for hydroxylation is 1. The molecule has 1 unspecified atom stereocenters. The zero-order chi connectivity index (χ0) is 14.8. The maximum absolute atomic E-state index is 4.69. The fourth-order valence-electron chi connectivity index (χ4n) is 2.78. The summed E-state index contributed by atoms with van der Waals surface area (Å²) in [6, 6.07) is 8.98. The van der Waals surface area contributed by atoms with Gasteiger partial charge in [-0.2, -0.15) is 4.98 Å². The van der Waals surface area contributed by atoms with Gasteiger partial charge in [-0.1, -0.05) is 18.2 Å². The molecule has 1 N–H and O–H groups in total. The van der Waals surface area contributed by atoms with Crippen LogP contribution in [0.2, 0.25) is 0 Å². The lowest BCUT2D eigenvalue weighted by molar-refractivity contribution is 0.612. The molecule has 2 aromatic rings. The van der Waals surface area contributed by atoms with E-state index in [2.05, 4.69) is 62.3 Å². The molecule has 1 aromatic heterocycles. The van der Waals surface area contributed by atoms with Crippen LogP contribution in [0.1, 0.15) is 25.8 Å². The van der Waals surface area contributed by atoms with Crippen molar-refractivity contribution in [2.24, 2.45) is 0 Å². The van der Waals surface area contributed by atoms with Crippen LogP contribution >= 0.6 is 15.9 Å². The van der Waals surface area contributed by atoms with Crippen LogP contribution in [0.25, 0.3) is 0 Å². The summed E-state index contributed by atoms with van der Waals surface area (Å²) in [5.41, 5.74) is 2.63. The maximum atomic E-state index is 4.69.